The normalized spacial score (nSPS) is 18.1. The molecule has 0 aromatic heterocycles. The van der Waals surface area contributed by atoms with Crippen LogP contribution in [0.1, 0.15) is 45.8 Å². The van der Waals surface area contributed by atoms with Gasteiger partial charge in [0.2, 0.25) is 6.79 Å². The number of fused-ring (bicyclic) bond motifs is 2. The predicted octanol–water partition coefficient (Wildman–Crippen LogP) is 3.80. The maximum atomic E-state index is 11.7. The highest BCUT2D eigenvalue weighted by atomic mass is 16.7. The van der Waals surface area contributed by atoms with E-state index in [2.05, 4.69) is 30.1 Å². The first kappa shape index (κ1) is 18.8. The van der Waals surface area contributed by atoms with Crippen LogP contribution < -0.4 is 9.47 Å². The molecule has 1 aliphatic carbocycles. The molecule has 0 radical (unpaired) electrons. The van der Waals surface area contributed by atoms with E-state index in [0.717, 1.165) is 31.7 Å². The third-order valence-electron chi connectivity index (χ3n) is 5.79. The lowest BCUT2D eigenvalue weighted by Gasteiger charge is -2.30. The summed E-state index contributed by atoms with van der Waals surface area (Å²) in [5, 5.41) is 0. The Balaban J connectivity index is 1.38. The third-order valence-corrected chi connectivity index (χ3v) is 5.79. The van der Waals surface area contributed by atoms with Gasteiger partial charge in [-0.05, 0) is 73.5 Å². The zero-order valence-electron chi connectivity index (χ0n) is 16.6. The Bertz CT molecular complexity index is 864. The number of nitrogens with zero attached hydrogens (tertiary/aromatic N) is 1. The zero-order chi connectivity index (χ0) is 19.5. The number of hydrogen-bond donors (Lipinski definition) is 0. The van der Waals surface area contributed by atoms with Crippen molar-refractivity contribution < 1.29 is 19.0 Å². The third kappa shape index (κ3) is 3.85. The van der Waals surface area contributed by atoms with E-state index >= 15 is 0 Å². The SMILES string of the molecule is COc1cccc2c1CCCC2CN(C)CCc1ccc2c(c1)OCOC2=O. The van der Waals surface area contributed by atoms with Crippen molar-refractivity contribution in [2.24, 2.45) is 0 Å². The molecular weight excluding hydrogens is 354 g/mol. The monoisotopic (exact) mass is 381 g/mol. The van der Waals surface area contributed by atoms with Gasteiger partial charge in [-0.3, -0.25) is 0 Å². The average molecular weight is 381 g/mol. The van der Waals surface area contributed by atoms with E-state index in [1.165, 1.54) is 29.5 Å². The molecule has 1 aliphatic heterocycles. The fraction of sp³-hybridized carbons (Fsp3) is 0.435. The molecule has 148 valence electrons. The van der Waals surface area contributed by atoms with Crippen LogP contribution in [0.4, 0.5) is 0 Å². The van der Waals surface area contributed by atoms with Gasteiger partial charge in [0.25, 0.3) is 0 Å². The van der Waals surface area contributed by atoms with Crippen LogP contribution in [0.5, 0.6) is 11.5 Å². The number of rotatable bonds is 6. The van der Waals surface area contributed by atoms with E-state index in [1.54, 1.807) is 13.2 Å². The summed E-state index contributed by atoms with van der Waals surface area (Å²) in [7, 11) is 3.94. The fourth-order valence-electron chi connectivity index (χ4n) is 4.32. The van der Waals surface area contributed by atoms with Crippen molar-refractivity contribution in [3.63, 3.8) is 0 Å². The molecule has 1 atom stereocenters. The minimum Gasteiger partial charge on any atom is -0.496 e. The lowest BCUT2D eigenvalue weighted by molar-refractivity contribution is 0.00488. The van der Waals surface area contributed by atoms with Crippen LogP contribution in [0, 0.1) is 0 Å². The maximum absolute atomic E-state index is 11.7. The Labute approximate surface area is 166 Å². The molecule has 0 fully saturated rings. The Morgan fingerprint density at radius 3 is 2.96 bits per heavy atom. The number of benzene rings is 2. The largest absolute Gasteiger partial charge is 0.496 e. The molecule has 2 aliphatic rings. The van der Waals surface area contributed by atoms with Gasteiger partial charge >= 0.3 is 5.97 Å². The first-order valence-electron chi connectivity index (χ1n) is 9.93. The van der Waals surface area contributed by atoms with Crippen LogP contribution in [0.3, 0.4) is 0 Å². The molecule has 1 unspecified atom stereocenters. The number of methoxy groups -OCH3 is 1. The van der Waals surface area contributed by atoms with E-state index in [-0.39, 0.29) is 12.8 Å². The standard InChI is InChI=1S/C23H27NO4/c1-24(12-11-16-9-10-20-22(13-16)27-15-28-23(20)25)14-17-5-3-7-19-18(17)6-4-8-21(19)26-2/h4,6,8-10,13,17H,3,5,7,11-12,14-15H2,1-2H3. The summed E-state index contributed by atoms with van der Waals surface area (Å²) >= 11 is 0. The Morgan fingerprint density at radius 1 is 1.21 bits per heavy atom. The van der Waals surface area contributed by atoms with Crippen molar-refractivity contribution in [1.82, 2.24) is 4.90 Å². The summed E-state index contributed by atoms with van der Waals surface area (Å²) < 4.78 is 15.9. The average Bonchev–Trinajstić information content (AvgIpc) is 2.72. The van der Waals surface area contributed by atoms with Gasteiger partial charge in [0.1, 0.15) is 17.1 Å². The van der Waals surface area contributed by atoms with Gasteiger partial charge in [0, 0.05) is 13.1 Å². The van der Waals surface area contributed by atoms with Crippen molar-refractivity contribution in [3.05, 3.63) is 58.7 Å². The minimum absolute atomic E-state index is 0.000257. The summed E-state index contributed by atoms with van der Waals surface area (Å²) in [6.07, 6.45) is 4.46. The lowest BCUT2D eigenvalue weighted by Crippen LogP contribution is -2.28. The molecule has 2 aromatic carbocycles. The second kappa shape index (κ2) is 8.23. The van der Waals surface area contributed by atoms with Crippen molar-refractivity contribution in [2.75, 3.05) is 34.0 Å². The molecule has 0 spiro atoms. The summed E-state index contributed by atoms with van der Waals surface area (Å²) in [4.78, 5) is 14.1. The Morgan fingerprint density at radius 2 is 2.11 bits per heavy atom. The molecule has 2 aromatic rings. The number of likely N-dealkylation sites (N-methyl/N-ethyl adjacent to an activating group) is 1. The summed E-state index contributed by atoms with van der Waals surface area (Å²) in [5.74, 6) is 1.89. The predicted molar refractivity (Wildman–Crippen MR) is 107 cm³/mol. The second-order valence-electron chi connectivity index (χ2n) is 7.65. The first-order chi connectivity index (χ1) is 13.7. The van der Waals surface area contributed by atoms with Gasteiger partial charge in [-0.2, -0.15) is 0 Å². The van der Waals surface area contributed by atoms with Crippen LogP contribution >= 0.6 is 0 Å². The van der Waals surface area contributed by atoms with Gasteiger partial charge in [-0.15, -0.1) is 0 Å². The number of esters is 1. The smallest absolute Gasteiger partial charge is 0.344 e. The molecule has 1 heterocycles. The Hall–Kier alpha value is -2.53. The number of hydrogen-bond acceptors (Lipinski definition) is 5. The van der Waals surface area contributed by atoms with Crippen molar-refractivity contribution in [2.45, 2.75) is 31.6 Å². The number of ether oxygens (including phenoxy) is 3. The van der Waals surface area contributed by atoms with Crippen LogP contribution in [-0.2, 0) is 17.6 Å². The molecule has 0 N–H and O–H groups in total. The lowest BCUT2D eigenvalue weighted by atomic mass is 9.82. The van der Waals surface area contributed by atoms with Gasteiger partial charge in [0.15, 0.2) is 0 Å². The fourth-order valence-corrected chi connectivity index (χ4v) is 4.32. The maximum Gasteiger partial charge on any atom is 0.344 e. The number of cyclic esters (lactones) is 1. The summed E-state index contributed by atoms with van der Waals surface area (Å²) in [6.45, 7) is 1.99. The van der Waals surface area contributed by atoms with Crippen molar-refractivity contribution in [1.29, 1.82) is 0 Å². The molecule has 5 nitrogen and oxygen atoms in total. The highest BCUT2D eigenvalue weighted by Gasteiger charge is 2.24. The van der Waals surface area contributed by atoms with Crippen LogP contribution in [0.2, 0.25) is 0 Å². The van der Waals surface area contributed by atoms with E-state index in [4.69, 9.17) is 14.2 Å². The molecule has 5 heteroatoms. The summed E-state index contributed by atoms with van der Waals surface area (Å²) in [6, 6.07) is 12.2. The number of carbonyl (C=O) groups excluding carboxylic acids is 1. The quantitative estimate of drug-likeness (QED) is 0.713. The molecule has 0 amide bonds. The molecule has 0 saturated carbocycles. The van der Waals surface area contributed by atoms with E-state index in [1.807, 2.05) is 12.1 Å². The molecule has 0 bridgehead atoms. The number of carbonyl (C=O) groups is 1. The first-order valence-corrected chi connectivity index (χ1v) is 9.93. The topological polar surface area (TPSA) is 48.0 Å². The van der Waals surface area contributed by atoms with E-state index in [0.29, 0.717) is 17.2 Å². The highest BCUT2D eigenvalue weighted by molar-refractivity contribution is 5.93. The van der Waals surface area contributed by atoms with E-state index in [9.17, 15) is 4.79 Å². The molecule has 0 saturated heterocycles. The van der Waals surface area contributed by atoms with Gasteiger partial charge in [-0.25, -0.2) is 4.79 Å². The van der Waals surface area contributed by atoms with Crippen molar-refractivity contribution >= 4 is 5.97 Å². The highest BCUT2D eigenvalue weighted by Crippen LogP contribution is 2.37. The van der Waals surface area contributed by atoms with Gasteiger partial charge in [0.05, 0.1) is 7.11 Å². The summed E-state index contributed by atoms with van der Waals surface area (Å²) in [5.41, 5.74) is 4.51. The van der Waals surface area contributed by atoms with Crippen LogP contribution in [0.15, 0.2) is 36.4 Å². The second-order valence-corrected chi connectivity index (χ2v) is 7.65. The molecule has 28 heavy (non-hydrogen) atoms. The van der Waals surface area contributed by atoms with Gasteiger partial charge < -0.3 is 19.1 Å². The van der Waals surface area contributed by atoms with Crippen LogP contribution in [0.25, 0.3) is 0 Å². The molecule has 4 rings (SSSR count). The Kier molecular flexibility index (Phi) is 5.53. The minimum atomic E-state index is -0.309. The molecular formula is C23H27NO4. The van der Waals surface area contributed by atoms with Crippen molar-refractivity contribution in [3.8, 4) is 11.5 Å². The van der Waals surface area contributed by atoms with Gasteiger partial charge in [-0.1, -0.05) is 18.2 Å². The zero-order valence-corrected chi connectivity index (χ0v) is 16.6. The van der Waals surface area contributed by atoms with E-state index < -0.39 is 0 Å². The van der Waals surface area contributed by atoms with Crippen LogP contribution in [-0.4, -0.2) is 44.9 Å².